The molecule has 11 rings (SSSR count). The van der Waals surface area contributed by atoms with Gasteiger partial charge in [0, 0.05) is 56.2 Å². The highest BCUT2D eigenvalue weighted by molar-refractivity contribution is 6.44. The van der Waals surface area contributed by atoms with Crippen LogP contribution in [0.1, 0.15) is 267 Å². The van der Waals surface area contributed by atoms with E-state index in [0.29, 0.717) is 102 Å². The molecule has 10 nitrogen and oxygen atoms in total. The van der Waals surface area contributed by atoms with E-state index in [1.165, 1.54) is 9.80 Å². The number of hydrogen-bond donors (Lipinski definition) is 0. The SMILES string of the molecule is CCCCN1C(=O)c2cc(Oc3ccc(C(C)(C)CC(C)(C)C)cc3)c3c4c(Oc5ccc(C(C)(C)CC(C)(C)C)cc5)cc5c6c(cc(Oc7ccc(C(C)(C)CC(C)(C)C)cc7)c(c7c(Oc8ccc(C(C)(C)CC(C)(C)C)cc8)cc(c2c37)C1=O)c64)C(=O)N(CCCC)C5=O. The van der Waals surface area contributed by atoms with Crippen LogP contribution >= 0.6 is 0 Å². The van der Waals surface area contributed by atoms with Crippen LogP contribution in [0.25, 0.3) is 43.1 Å². The number of ether oxygens (including phenoxy) is 4. The third kappa shape index (κ3) is 14.2. The summed E-state index contributed by atoms with van der Waals surface area (Å²) in [4.78, 5) is 65.5. The molecule has 9 aromatic rings. The molecule has 0 saturated heterocycles. The number of carbonyl (C=O) groups excluding carboxylic acids is 4. The van der Waals surface area contributed by atoms with E-state index in [1.54, 1.807) is 24.3 Å². The van der Waals surface area contributed by atoms with Crippen LogP contribution in [-0.2, 0) is 21.7 Å². The van der Waals surface area contributed by atoms with E-state index in [4.69, 9.17) is 18.9 Å². The predicted molar refractivity (Wildman–Crippen MR) is 403 cm³/mol. The fourth-order valence-corrected chi connectivity index (χ4v) is 17.1. The second-order valence-corrected chi connectivity index (χ2v) is 35.9. The van der Waals surface area contributed by atoms with Gasteiger partial charge in [0.05, 0.1) is 22.3 Å². The van der Waals surface area contributed by atoms with Gasteiger partial charge in [-0.25, -0.2) is 0 Å². The highest BCUT2D eigenvalue weighted by Crippen LogP contribution is 2.58. The van der Waals surface area contributed by atoms with Crippen LogP contribution in [0.3, 0.4) is 0 Å². The van der Waals surface area contributed by atoms with E-state index in [1.807, 2.05) is 62.4 Å². The smallest absolute Gasteiger partial charge is 0.261 e. The number of amides is 4. The van der Waals surface area contributed by atoms with Gasteiger partial charge in [-0.2, -0.15) is 0 Å². The molecule has 0 N–H and O–H groups in total. The quantitative estimate of drug-likeness (QED) is 0.0375. The van der Waals surface area contributed by atoms with Crippen LogP contribution in [0.2, 0.25) is 0 Å². The van der Waals surface area contributed by atoms with Gasteiger partial charge in [-0.1, -0.05) is 214 Å². The normalized spacial score (nSPS) is 14.5. The summed E-state index contributed by atoms with van der Waals surface area (Å²) < 4.78 is 29.7. The van der Waals surface area contributed by atoms with Crippen molar-refractivity contribution < 1.29 is 38.1 Å². The lowest BCUT2D eigenvalue weighted by atomic mass is 9.72. The van der Waals surface area contributed by atoms with Crippen molar-refractivity contribution in [2.75, 3.05) is 13.1 Å². The molecule has 0 radical (unpaired) electrons. The third-order valence-corrected chi connectivity index (χ3v) is 19.9. The molecule has 0 saturated carbocycles. The zero-order valence-electron chi connectivity index (χ0n) is 62.8. The first kappa shape index (κ1) is 71.1. The van der Waals surface area contributed by atoms with Crippen molar-refractivity contribution >= 4 is 66.7 Å². The van der Waals surface area contributed by atoms with Gasteiger partial charge in [-0.15, -0.1) is 0 Å². The zero-order valence-corrected chi connectivity index (χ0v) is 62.8. The Balaban J connectivity index is 1.31. The number of carbonyl (C=O) groups is 4. The van der Waals surface area contributed by atoms with Crippen molar-refractivity contribution in [2.45, 2.75) is 225 Å². The molecule has 9 aromatic carbocycles. The number of rotatable bonds is 22. The molecule has 0 atom stereocenters. The topological polar surface area (TPSA) is 112 Å². The fraction of sp³-hybridized carbons (Fsp3) is 0.455. The number of benzene rings is 9. The van der Waals surface area contributed by atoms with Crippen LogP contribution < -0.4 is 18.9 Å². The molecule has 4 amide bonds. The maximum absolute atomic E-state index is 15.7. The molecule has 0 aromatic heterocycles. The van der Waals surface area contributed by atoms with Gasteiger partial charge in [0.1, 0.15) is 46.0 Å². The maximum atomic E-state index is 15.7. The second-order valence-electron chi connectivity index (χ2n) is 35.9. The number of nitrogens with zero attached hydrogens (tertiary/aromatic N) is 2. The Labute approximate surface area is 583 Å². The fourth-order valence-electron chi connectivity index (χ4n) is 17.1. The number of hydrogen-bond acceptors (Lipinski definition) is 8. The van der Waals surface area contributed by atoms with E-state index < -0.39 is 23.6 Å². The molecule has 0 spiro atoms. The standard InChI is InChI=1S/C88H106N2O8/c1-23-25-43-89-77(91)61-45-65(95-57-35-27-53(28-36-57)85(15,16)49-81(3,4)5)71-73-67(97-59-39-31-55(32-40-59)87(19,20)51-83(9,10)11)47-63-70-64(80(94)90(79(63)93)44-26-24-2)48-68(98-60-41-33-56(34-42-60)88(21,22)52-84(12,13)14)74(76(70)73)72-66(46-62(78(89)92)69(61)75(71)72)96-58-37-29-54(30-38-58)86(17,18)50-82(6,7)8/h27-42,45-48H,23-26,43-44,49-52H2,1-22H3. The number of fused-ring (bicyclic) bond motifs is 2. The molecule has 0 aliphatic carbocycles. The molecule has 0 fully saturated rings. The summed E-state index contributed by atoms with van der Waals surface area (Å²) in [5.41, 5.74) is 5.20. The minimum absolute atomic E-state index is 0.0577. The molecule has 10 heteroatoms. The van der Waals surface area contributed by atoms with E-state index in [2.05, 4.69) is 187 Å². The van der Waals surface area contributed by atoms with Crippen molar-refractivity contribution in [2.24, 2.45) is 21.7 Å². The summed E-state index contributed by atoms with van der Waals surface area (Å²) in [6.07, 6.45) is 6.42. The summed E-state index contributed by atoms with van der Waals surface area (Å²) in [6.45, 7) is 49.7. The Kier molecular flexibility index (Phi) is 18.5. The molecule has 2 aliphatic rings. The Morgan fingerprint density at radius 1 is 0.276 bits per heavy atom. The van der Waals surface area contributed by atoms with E-state index in [9.17, 15) is 0 Å². The van der Waals surface area contributed by atoms with E-state index >= 15 is 19.2 Å². The number of unbranched alkanes of at least 4 members (excludes halogenated alkanes) is 2. The average molecular weight is 1320 g/mol. The minimum atomic E-state index is -0.448. The van der Waals surface area contributed by atoms with Gasteiger partial charge in [0.25, 0.3) is 23.6 Å². The molecule has 0 bridgehead atoms. The summed E-state index contributed by atoms with van der Waals surface area (Å²) in [5.74, 6) is 1.43. The van der Waals surface area contributed by atoms with Crippen molar-refractivity contribution in [3.63, 3.8) is 0 Å². The van der Waals surface area contributed by atoms with E-state index in [0.717, 1.165) is 60.8 Å². The van der Waals surface area contributed by atoms with Crippen LogP contribution in [0.4, 0.5) is 0 Å². The van der Waals surface area contributed by atoms with E-state index in [-0.39, 0.29) is 78.7 Å². The molecule has 0 unspecified atom stereocenters. The van der Waals surface area contributed by atoms with Crippen molar-refractivity contribution in [1.82, 2.24) is 9.80 Å². The lowest BCUT2D eigenvalue weighted by Crippen LogP contribution is -2.41. The van der Waals surface area contributed by atoms with Gasteiger partial charge in [-0.05, 0) is 177 Å². The van der Waals surface area contributed by atoms with Gasteiger partial charge in [0.2, 0.25) is 0 Å². The first-order valence-electron chi connectivity index (χ1n) is 35.8. The lowest BCUT2D eigenvalue weighted by molar-refractivity contribution is 0.0593. The summed E-state index contributed by atoms with van der Waals surface area (Å²) in [7, 11) is 0. The van der Waals surface area contributed by atoms with Crippen LogP contribution in [0, 0.1) is 21.7 Å². The van der Waals surface area contributed by atoms with Crippen LogP contribution in [-0.4, -0.2) is 46.5 Å². The van der Waals surface area contributed by atoms with Gasteiger partial charge >= 0.3 is 0 Å². The molecule has 2 aliphatic heterocycles. The van der Waals surface area contributed by atoms with Crippen LogP contribution in [0.5, 0.6) is 46.0 Å². The predicted octanol–water partition coefficient (Wildman–Crippen LogP) is 24.6. The Hall–Kier alpha value is -8.24. The lowest BCUT2D eigenvalue weighted by Gasteiger charge is -2.33. The van der Waals surface area contributed by atoms with Gasteiger partial charge < -0.3 is 18.9 Å². The monoisotopic (exact) mass is 1320 g/mol. The molecule has 98 heavy (non-hydrogen) atoms. The molecule has 516 valence electrons. The molecular formula is C88H106N2O8. The Morgan fingerprint density at radius 3 is 0.643 bits per heavy atom. The van der Waals surface area contributed by atoms with Crippen molar-refractivity contribution in [3.8, 4) is 46.0 Å². The second kappa shape index (κ2) is 25.5. The Bertz CT molecular complexity index is 3990. The molecular weight excluding hydrogens is 1210 g/mol. The maximum Gasteiger partial charge on any atom is 0.261 e. The number of imide groups is 2. The average Bonchev–Trinajstić information content (AvgIpc) is 0.672. The third-order valence-electron chi connectivity index (χ3n) is 19.9. The minimum Gasteiger partial charge on any atom is -0.457 e. The van der Waals surface area contributed by atoms with Crippen LogP contribution in [0.15, 0.2) is 121 Å². The summed E-state index contributed by atoms with van der Waals surface area (Å²) >= 11 is 0. The van der Waals surface area contributed by atoms with Crippen molar-refractivity contribution in [3.05, 3.63) is 166 Å². The summed E-state index contributed by atoms with van der Waals surface area (Å²) in [5, 5.41) is 3.78. The summed E-state index contributed by atoms with van der Waals surface area (Å²) in [6, 6.07) is 39.9. The van der Waals surface area contributed by atoms with Crippen molar-refractivity contribution in [1.29, 1.82) is 0 Å². The molecule has 2 heterocycles. The van der Waals surface area contributed by atoms with Gasteiger partial charge in [0.15, 0.2) is 0 Å². The highest BCUT2D eigenvalue weighted by atomic mass is 16.5. The highest BCUT2D eigenvalue weighted by Gasteiger charge is 2.42. The first-order chi connectivity index (χ1) is 45.6. The zero-order chi connectivity index (χ0) is 71.4. The largest absolute Gasteiger partial charge is 0.457 e. The van der Waals surface area contributed by atoms with Gasteiger partial charge in [-0.3, -0.25) is 29.0 Å². The Morgan fingerprint density at radius 2 is 0.469 bits per heavy atom. The first-order valence-corrected chi connectivity index (χ1v) is 35.8.